The highest BCUT2D eigenvalue weighted by Gasteiger charge is 2.14. The van der Waals surface area contributed by atoms with E-state index in [1.165, 1.54) is 12.0 Å². The van der Waals surface area contributed by atoms with E-state index in [1.54, 1.807) is 12.1 Å². The van der Waals surface area contributed by atoms with Crippen molar-refractivity contribution in [2.75, 3.05) is 6.54 Å². The molecule has 2 unspecified atom stereocenters. The van der Waals surface area contributed by atoms with Crippen LogP contribution in [-0.4, -0.2) is 17.7 Å². The molecule has 0 aliphatic carbocycles. The van der Waals surface area contributed by atoms with Crippen LogP contribution < -0.4 is 5.32 Å². The normalized spacial score (nSPS) is 14.7. The molecule has 0 saturated heterocycles. The van der Waals surface area contributed by atoms with Gasteiger partial charge < -0.3 is 10.4 Å². The van der Waals surface area contributed by atoms with Crippen LogP contribution in [0.2, 0.25) is 0 Å². The van der Waals surface area contributed by atoms with Crippen LogP contribution in [0.3, 0.4) is 0 Å². The van der Waals surface area contributed by atoms with Crippen LogP contribution in [0.1, 0.15) is 32.8 Å². The fraction of sp³-hybridized carbons (Fsp3) is 0.571. The molecule has 0 aliphatic rings. The quantitative estimate of drug-likeness (QED) is 0.774. The molecule has 0 spiro atoms. The zero-order valence-corrected chi connectivity index (χ0v) is 10.5. The molecule has 2 N–H and O–H groups in total. The Kier molecular flexibility index (Phi) is 5.33. The van der Waals surface area contributed by atoms with E-state index in [-0.39, 0.29) is 0 Å². The first kappa shape index (κ1) is 13.0. The third kappa shape index (κ3) is 3.86. The van der Waals surface area contributed by atoms with Crippen molar-refractivity contribution in [1.29, 1.82) is 0 Å². The standard InChI is InChI=1S/C14H23NO/c1-4-13(11(3)15-5-2)10-12-6-8-14(16)9-7-12/h6-9,11,13,15-16H,4-5,10H2,1-3H3. The van der Waals surface area contributed by atoms with Crippen LogP contribution in [0.25, 0.3) is 0 Å². The van der Waals surface area contributed by atoms with Crippen LogP contribution in [0.4, 0.5) is 0 Å². The molecule has 0 radical (unpaired) electrons. The van der Waals surface area contributed by atoms with Crippen molar-refractivity contribution < 1.29 is 5.11 Å². The first-order valence-corrected chi connectivity index (χ1v) is 6.18. The summed E-state index contributed by atoms with van der Waals surface area (Å²) in [7, 11) is 0. The third-order valence-electron chi connectivity index (χ3n) is 3.19. The van der Waals surface area contributed by atoms with Crippen molar-refractivity contribution in [1.82, 2.24) is 5.32 Å². The molecule has 0 amide bonds. The number of phenolic OH excluding ortho intramolecular Hbond substituents is 1. The van der Waals surface area contributed by atoms with Crippen molar-refractivity contribution in [2.45, 2.75) is 39.7 Å². The van der Waals surface area contributed by atoms with E-state index in [0.29, 0.717) is 17.7 Å². The molecule has 1 aromatic rings. The van der Waals surface area contributed by atoms with Crippen molar-refractivity contribution in [3.05, 3.63) is 29.8 Å². The molecular formula is C14H23NO. The van der Waals surface area contributed by atoms with Gasteiger partial charge in [-0.15, -0.1) is 0 Å². The second-order valence-electron chi connectivity index (χ2n) is 4.39. The van der Waals surface area contributed by atoms with Crippen LogP contribution in [-0.2, 0) is 6.42 Å². The summed E-state index contributed by atoms with van der Waals surface area (Å²) in [6.45, 7) is 7.65. The highest BCUT2D eigenvalue weighted by atomic mass is 16.3. The van der Waals surface area contributed by atoms with E-state index < -0.39 is 0 Å². The average Bonchev–Trinajstić information content (AvgIpc) is 2.28. The zero-order chi connectivity index (χ0) is 12.0. The van der Waals surface area contributed by atoms with Gasteiger partial charge >= 0.3 is 0 Å². The maximum atomic E-state index is 9.23. The lowest BCUT2D eigenvalue weighted by Crippen LogP contribution is -2.34. The molecule has 2 heteroatoms. The summed E-state index contributed by atoms with van der Waals surface area (Å²) in [5.74, 6) is 1.00. The Morgan fingerprint density at radius 3 is 2.31 bits per heavy atom. The Hall–Kier alpha value is -1.02. The maximum absolute atomic E-state index is 9.23. The average molecular weight is 221 g/mol. The molecule has 2 atom stereocenters. The van der Waals surface area contributed by atoms with Crippen LogP contribution in [0.5, 0.6) is 5.75 Å². The minimum absolute atomic E-state index is 0.344. The Morgan fingerprint density at radius 1 is 1.19 bits per heavy atom. The van der Waals surface area contributed by atoms with Gasteiger partial charge in [0.15, 0.2) is 0 Å². The molecule has 0 fully saturated rings. The van der Waals surface area contributed by atoms with Crippen molar-refractivity contribution in [3.8, 4) is 5.75 Å². The fourth-order valence-corrected chi connectivity index (χ4v) is 2.10. The zero-order valence-electron chi connectivity index (χ0n) is 10.5. The Morgan fingerprint density at radius 2 is 1.81 bits per heavy atom. The molecule has 2 nitrogen and oxygen atoms in total. The van der Waals surface area contributed by atoms with Gasteiger partial charge in [-0.1, -0.05) is 32.4 Å². The third-order valence-corrected chi connectivity index (χ3v) is 3.19. The smallest absolute Gasteiger partial charge is 0.115 e. The van der Waals surface area contributed by atoms with E-state index in [0.717, 1.165) is 13.0 Å². The lowest BCUT2D eigenvalue weighted by atomic mass is 9.91. The van der Waals surface area contributed by atoms with Gasteiger partial charge in [0.25, 0.3) is 0 Å². The van der Waals surface area contributed by atoms with E-state index in [2.05, 4.69) is 26.1 Å². The SMILES string of the molecule is CCNC(C)C(CC)Cc1ccc(O)cc1. The lowest BCUT2D eigenvalue weighted by Gasteiger charge is -2.23. The molecule has 1 aromatic carbocycles. The molecule has 1 rings (SSSR count). The number of benzene rings is 1. The first-order valence-electron chi connectivity index (χ1n) is 6.18. The molecule has 0 heterocycles. The summed E-state index contributed by atoms with van der Waals surface area (Å²) in [4.78, 5) is 0. The molecule has 90 valence electrons. The van der Waals surface area contributed by atoms with Gasteiger partial charge in [-0.25, -0.2) is 0 Å². The van der Waals surface area contributed by atoms with Gasteiger partial charge in [0.05, 0.1) is 0 Å². The van der Waals surface area contributed by atoms with Gasteiger partial charge in [0.2, 0.25) is 0 Å². The number of aromatic hydroxyl groups is 1. The van der Waals surface area contributed by atoms with E-state index in [1.807, 2.05) is 12.1 Å². The lowest BCUT2D eigenvalue weighted by molar-refractivity contribution is 0.367. The van der Waals surface area contributed by atoms with Crippen LogP contribution >= 0.6 is 0 Å². The summed E-state index contributed by atoms with van der Waals surface area (Å²) in [6, 6.07) is 8.09. The van der Waals surface area contributed by atoms with Crippen molar-refractivity contribution >= 4 is 0 Å². The number of phenols is 1. The summed E-state index contributed by atoms with van der Waals surface area (Å²) in [5.41, 5.74) is 1.30. The van der Waals surface area contributed by atoms with Crippen LogP contribution in [0, 0.1) is 5.92 Å². The topological polar surface area (TPSA) is 32.3 Å². The highest BCUT2D eigenvalue weighted by molar-refractivity contribution is 5.26. The van der Waals surface area contributed by atoms with E-state index in [4.69, 9.17) is 0 Å². The Balaban J connectivity index is 2.59. The summed E-state index contributed by atoms with van der Waals surface area (Å²) in [6.07, 6.45) is 2.25. The minimum atomic E-state index is 0.344. The Labute approximate surface area is 98.7 Å². The van der Waals surface area contributed by atoms with E-state index >= 15 is 0 Å². The summed E-state index contributed by atoms with van der Waals surface area (Å²) < 4.78 is 0. The number of hydrogen-bond acceptors (Lipinski definition) is 2. The molecule has 16 heavy (non-hydrogen) atoms. The highest BCUT2D eigenvalue weighted by Crippen LogP contribution is 2.18. The predicted molar refractivity (Wildman–Crippen MR) is 68.7 cm³/mol. The molecule has 0 aromatic heterocycles. The summed E-state index contributed by atoms with van der Waals surface area (Å²) in [5, 5.41) is 12.7. The number of rotatable bonds is 6. The van der Waals surface area contributed by atoms with Gasteiger partial charge in [-0.2, -0.15) is 0 Å². The number of nitrogens with one attached hydrogen (secondary N) is 1. The summed E-state index contributed by atoms with van der Waals surface area (Å²) >= 11 is 0. The maximum Gasteiger partial charge on any atom is 0.115 e. The second-order valence-corrected chi connectivity index (χ2v) is 4.39. The fourth-order valence-electron chi connectivity index (χ4n) is 2.10. The molecular weight excluding hydrogens is 198 g/mol. The monoisotopic (exact) mass is 221 g/mol. The van der Waals surface area contributed by atoms with Gasteiger partial charge in [0, 0.05) is 6.04 Å². The molecule has 0 bridgehead atoms. The van der Waals surface area contributed by atoms with Crippen LogP contribution in [0.15, 0.2) is 24.3 Å². The first-order chi connectivity index (χ1) is 7.67. The van der Waals surface area contributed by atoms with Gasteiger partial charge in [-0.3, -0.25) is 0 Å². The van der Waals surface area contributed by atoms with Gasteiger partial charge in [0.1, 0.15) is 5.75 Å². The van der Waals surface area contributed by atoms with Crippen molar-refractivity contribution in [2.24, 2.45) is 5.92 Å². The Bertz CT molecular complexity index is 294. The second kappa shape index (κ2) is 6.54. The predicted octanol–water partition coefficient (Wildman–Crippen LogP) is 2.96. The van der Waals surface area contributed by atoms with Crippen molar-refractivity contribution in [3.63, 3.8) is 0 Å². The van der Waals surface area contributed by atoms with E-state index in [9.17, 15) is 5.11 Å². The number of hydrogen-bond donors (Lipinski definition) is 2. The van der Waals surface area contributed by atoms with Gasteiger partial charge in [-0.05, 0) is 43.5 Å². The largest absolute Gasteiger partial charge is 0.508 e. The molecule has 0 aliphatic heterocycles. The molecule has 0 saturated carbocycles. The minimum Gasteiger partial charge on any atom is -0.508 e.